The molecule has 0 fully saturated rings. The van der Waals surface area contributed by atoms with E-state index in [0.717, 1.165) is 34.1 Å². The van der Waals surface area contributed by atoms with E-state index in [9.17, 15) is 4.79 Å². The maximum Gasteiger partial charge on any atom is 0.220 e. The van der Waals surface area contributed by atoms with Crippen LogP contribution in [0.25, 0.3) is 0 Å². The molecule has 7 heteroatoms. The fourth-order valence-corrected chi connectivity index (χ4v) is 3.80. The summed E-state index contributed by atoms with van der Waals surface area (Å²) in [5, 5.41) is 4.10. The Morgan fingerprint density at radius 2 is 1.78 bits per heavy atom. The van der Waals surface area contributed by atoms with E-state index in [1.807, 2.05) is 30.3 Å². The van der Waals surface area contributed by atoms with Crippen LogP contribution in [0.15, 0.2) is 36.4 Å². The van der Waals surface area contributed by atoms with Gasteiger partial charge in [-0.1, -0.05) is 35.3 Å². The molecule has 0 unspecified atom stereocenters. The molecule has 1 heterocycles. The molecule has 3 rings (SSSR count). The Labute approximate surface area is 173 Å². The van der Waals surface area contributed by atoms with Gasteiger partial charge in [0, 0.05) is 24.5 Å². The van der Waals surface area contributed by atoms with Crippen LogP contribution in [0.3, 0.4) is 0 Å². The molecule has 0 atom stereocenters. The maximum atomic E-state index is 12.0. The second-order valence-corrected chi connectivity index (χ2v) is 8.05. The number of carbonyl (C=O) groups excluding carboxylic acids is 1. The molecule has 0 spiro atoms. The van der Waals surface area contributed by atoms with Crippen LogP contribution in [-0.4, -0.2) is 31.4 Å². The van der Waals surface area contributed by atoms with Crippen LogP contribution in [0.5, 0.6) is 11.5 Å². The lowest BCUT2D eigenvalue weighted by atomic mass is 10.1. The molecule has 0 aliphatic carbocycles. The van der Waals surface area contributed by atoms with Crippen LogP contribution in [0.2, 0.25) is 10.0 Å². The number of amides is 1. The zero-order valence-corrected chi connectivity index (χ0v) is 17.1. The van der Waals surface area contributed by atoms with Crippen LogP contribution in [0.4, 0.5) is 0 Å². The van der Waals surface area contributed by atoms with E-state index in [0.29, 0.717) is 42.6 Å². The summed E-state index contributed by atoms with van der Waals surface area (Å²) in [5.41, 5.74) is 2.20. The summed E-state index contributed by atoms with van der Waals surface area (Å²) in [5.74, 6) is 3.27. The predicted octanol–water partition coefficient (Wildman–Crippen LogP) is 4.75. The fraction of sp³-hybridized carbons (Fsp3) is 0.350. The smallest absolute Gasteiger partial charge is 0.220 e. The van der Waals surface area contributed by atoms with Gasteiger partial charge < -0.3 is 14.8 Å². The number of halogens is 2. The SMILES string of the molecule is O=C(CCc1ccc2c(c1)OCCO2)NCCSCc1ccc(Cl)c(Cl)c1. The van der Waals surface area contributed by atoms with Crippen LogP contribution in [0, 0.1) is 0 Å². The van der Waals surface area contributed by atoms with Gasteiger partial charge in [-0.2, -0.15) is 11.8 Å². The predicted molar refractivity (Wildman–Crippen MR) is 111 cm³/mol. The Balaban J connectivity index is 1.32. The minimum atomic E-state index is 0.0556. The molecule has 0 radical (unpaired) electrons. The zero-order valence-electron chi connectivity index (χ0n) is 14.8. The molecule has 1 aliphatic rings. The Kier molecular flexibility index (Phi) is 7.56. The first-order valence-corrected chi connectivity index (χ1v) is 10.7. The number of benzene rings is 2. The second-order valence-electron chi connectivity index (χ2n) is 6.13. The summed E-state index contributed by atoms with van der Waals surface area (Å²) in [4.78, 5) is 12.0. The number of hydrogen-bond acceptors (Lipinski definition) is 4. The third kappa shape index (κ3) is 6.23. The minimum absolute atomic E-state index is 0.0556. The average Bonchev–Trinajstić information content (AvgIpc) is 2.68. The van der Waals surface area contributed by atoms with Crippen molar-refractivity contribution in [2.45, 2.75) is 18.6 Å². The maximum absolute atomic E-state index is 12.0. The van der Waals surface area contributed by atoms with Gasteiger partial charge in [-0.25, -0.2) is 0 Å². The van der Waals surface area contributed by atoms with Gasteiger partial charge in [-0.3, -0.25) is 4.79 Å². The summed E-state index contributed by atoms with van der Waals surface area (Å²) in [6.45, 7) is 1.79. The van der Waals surface area contributed by atoms with E-state index in [4.69, 9.17) is 32.7 Å². The first kappa shape index (κ1) is 20.2. The van der Waals surface area contributed by atoms with Crippen molar-refractivity contribution in [1.82, 2.24) is 5.32 Å². The van der Waals surface area contributed by atoms with Gasteiger partial charge in [-0.15, -0.1) is 0 Å². The highest BCUT2D eigenvalue weighted by atomic mass is 35.5. The van der Waals surface area contributed by atoms with Crippen LogP contribution in [-0.2, 0) is 17.0 Å². The third-order valence-electron chi connectivity index (χ3n) is 4.07. The molecule has 0 saturated carbocycles. The van der Waals surface area contributed by atoms with Gasteiger partial charge >= 0.3 is 0 Å². The second kappa shape index (κ2) is 10.1. The Bertz CT molecular complexity index is 801. The van der Waals surface area contributed by atoms with E-state index < -0.39 is 0 Å². The largest absolute Gasteiger partial charge is 0.486 e. The van der Waals surface area contributed by atoms with E-state index in [-0.39, 0.29) is 5.91 Å². The van der Waals surface area contributed by atoms with Crippen molar-refractivity contribution in [2.75, 3.05) is 25.5 Å². The van der Waals surface area contributed by atoms with Crippen LogP contribution >= 0.6 is 35.0 Å². The van der Waals surface area contributed by atoms with Crippen molar-refractivity contribution in [2.24, 2.45) is 0 Å². The van der Waals surface area contributed by atoms with Gasteiger partial charge in [0.05, 0.1) is 10.0 Å². The van der Waals surface area contributed by atoms with Gasteiger partial charge in [-0.05, 0) is 41.8 Å². The normalized spacial score (nSPS) is 12.7. The highest BCUT2D eigenvalue weighted by Gasteiger charge is 2.12. The number of aryl methyl sites for hydroxylation is 1. The highest BCUT2D eigenvalue weighted by molar-refractivity contribution is 7.98. The molecule has 0 bridgehead atoms. The average molecular weight is 426 g/mol. The Morgan fingerprint density at radius 3 is 2.59 bits per heavy atom. The van der Waals surface area contributed by atoms with Crippen molar-refractivity contribution in [3.8, 4) is 11.5 Å². The Hall–Kier alpha value is -1.56. The summed E-state index contributed by atoms with van der Waals surface area (Å²) in [7, 11) is 0. The van der Waals surface area contributed by atoms with Gasteiger partial charge in [0.2, 0.25) is 5.91 Å². The van der Waals surface area contributed by atoms with Crippen molar-refractivity contribution in [1.29, 1.82) is 0 Å². The standard InChI is InChI=1S/C20H21Cl2NO3S/c21-16-4-1-15(11-17(16)22)13-27-10-7-23-20(24)6-3-14-2-5-18-19(12-14)26-9-8-25-18/h1-2,4-5,11-12H,3,6-10,13H2,(H,23,24). The molecular weight excluding hydrogens is 405 g/mol. The van der Waals surface area contributed by atoms with E-state index in [1.165, 1.54) is 0 Å². The number of carbonyl (C=O) groups is 1. The van der Waals surface area contributed by atoms with Crippen molar-refractivity contribution < 1.29 is 14.3 Å². The number of hydrogen-bond donors (Lipinski definition) is 1. The molecule has 1 amide bonds. The topological polar surface area (TPSA) is 47.6 Å². The number of nitrogens with one attached hydrogen (secondary N) is 1. The van der Waals surface area contributed by atoms with E-state index in [1.54, 1.807) is 17.8 Å². The number of ether oxygens (including phenoxy) is 2. The number of thioether (sulfide) groups is 1. The number of rotatable bonds is 8. The molecule has 4 nitrogen and oxygen atoms in total. The van der Waals surface area contributed by atoms with Crippen LogP contribution in [0.1, 0.15) is 17.5 Å². The molecule has 1 aliphatic heterocycles. The molecule has 27 heavy (non-hydrogen) atoms. The molecular formula is C20H21Cl2NO3S. The lowest BCUT2D eigenvalue weighted by Gasteiger charge is -2.18. The summed E-state index contributed by atoms with van der Waals surface area (Å²) < 4.78 is 11.1. The van der Waals surface area contributed by atoms with Gasteiger partial charge in [0.25, 0.3) is 0 Å². The molecule has 2 aromatic rings. The van der Waals surface area contributed by atoms with Crippen LogP contribution < -0.4 is 14.8 Å². The first-order valence-electron chi connectivity index (χ1n) is 8.79. The van der Waals surface area contributed by atoms with Crippen molar-refractivity contribution >= 4 is 40.9 Å². The zero-order chi connectivity index (χ0) is 19.1. The first-order chi connectivity index (χ1) is 13.1. The van der Waals surface area contributed by atoms with Gasteiger partial charge in [0.15, 0.2) is 11.5 Å². The molecule has 1 N–H and O–H groups in total. The molecule has 2 aromatic carbocycles. The van der Waals surface area contributed by atoms with E-state index in [2.05, 4.69) is 5.32 Å². The third-order valence-corrected chi connectivity index (χ3v) is 5.84. The Morgan fingerprint density at radius 1 is 1.00 bits per heavy atom. The molecule has 144 valence electrons. The minimum Gasteiger partial charge on any atom is -0.486 e. The molecule has 0 aromatic heterocycles. The van der Waals surface area contributed by atoms with Crippen molar-refractivity contribution in [3.05, 3.63) is 57.6 Å². The monoisotopic (exact) mass is 425 g/mol. The van der Waals surface area contributed by atoms with Crippen molar-refractivity contribution in [3.63, 3.8) is 0 Å². The lowest BCUT2D eigenvalue weighted by Crippen LogP contribution is -2.26. The highest BCUT2D eigenvalue weighted by Crippen LogP contribution is 2.31. The quantitative estimate of drug-likeness (QED) is 0.619. The lowest BCUT2D eigenvalue weighted by molar-refractivity contribution is -0.120. The molecule has 0 saturated heterocycles. The number of fused-ring (bicyclic) bond motifs is 1. The summed E-state index contributed by atoms with van der Waals surface area (Å²) in [6, 6.07) is 11.5. The van der Waals surface area contributed by atoms with E-state index >= 15 is 0 Å². The summed E-state index contributed by atoms with van der Waals surface area (Å²) >= 11 is 13.7. The van der Waals surface area contributed by atoms with Gasteiger partial charge in [0.1, 0.15) is 13.2 Å². The summed E-state index contributed by atoms with van der Waals surface area (Å²) in [6.07, 6.45) is 1.13. The fourth-order valence-electron chi connectivity index (χ4n) is 2.67.